The second-order valence-electron chi connectivity index (χ2n) is 5.52. The van der Waals surface area contributed by atoms with Gasteiger partial charge in [-0.2, -0.15) is 5.10 Å². The van der Waals surface area contributed by atoms with Gasteiger partial charge in [-0.3, -0.25) is 20.0 Å². The van der Waals surface area contributed by atoms with Crippen LogP contribution >= 0.6 is 0 Å². The Balaban J connectivity index is 1.87. The summed E-state index contributed by atoms with van der Waals surface area (Å²) in [5, 5.41) is 24.3. The van der Waals surface area contributed by atoms with Gasteiger partial charge in [0.1, 0.15) is 0 Å². The first-order chi connectivity index (χ1) is 10.6. The Labute approximate surface area is 126 Å². The molecule has 0 spiro atoms. The molecule has 2 aromatic rings. The fraction of sp³-hybridized carbons (Fsp3) is 0.429. The van der Waals surface area contributed by atoms with Gasteiger partial charge < -0.3 is 10.6 Å². The summed E-state index contributed by atoms with van der Waals surface area (Å²) in [4.78, 5) is 22.8. The summed E-state index contributed by atoms with van der Waals surface area (Å²) in [5.41, 5.74) is 0.734. The molecule has 1 aromatic carbocycles. The van der Waals surface area contributed by atoms with Crippen LogP contribution in [0.1, 0.15) is 30.3 Å². The van der Waals surface area contributed by atoms with Crippen molar-refractivity contribution in [2.45, 2.75) is 31.8 Å². The maximum atomic E-state index is 12.4. The van der Waals surface area contributed by atoms with Crippen LogP contribution in [-0.4, -0.2) is 39.7 Å². The summed E-state index contributed by atoms with van der Waals surface area (Å²) < 4.78 is 0. The normalized spacial score (nSPS) is 21.7. The predicted molar refractivity (Wildman–Crippen MR) is 80.7 cm³/mol. The maximum Gasteiger partial charge on any atom is 0.272 e. The number of carbonyl (C=O) groups excluding carboxylic acids is 1. The van der Waals surface area contributed by atoms with Gasteiger partial charge in [0.25, 0.3) is 11.6 Å². The highest BCUT2D eigenvalue weighted by molar-refractivity contribution is 6.05. The van der Waals surface area contributed by atoms with E-state index in [1.54, 1.807) is 6.07 Å². The molecular weight excluding hydrogens is 286 g/mol. The third kappa shape index (κ3) is 2.64. The van der Waals surface area contributed by atoms with Crippen molar-refractivity contribution in [1.82, 2.24) is 20.8 Å². The van der Waals surface area contributed by atoms with Crippen molar-refractivity contribution in [3.8, 4) is 0 Å². The highest BCUT2D eigenvalue weighted by Crippen LogP contribution is 2.22. The molecular formula is C14H17N5O3. The van der Waals surface area contributed by atoms with Crippen LogP contribution in [0.15, 0.2) is 18.2 Å². The lowest BCUT2D eigenvalue weighted by atomic mass is 9.99. The van der Waals surface area contributed by atoms with Gasteiger partial charge >= 0.3 is 0 Å². The summed E-state index contributed by atoms with van der Waals surface area (Å²) >= 11 is 0. The molecule has 1 aliphatic heterocycles. The molecule has 0 aliphatic carbocycles. The van der Waals surface area contributed by atoms with E-state index in [2.05, 4.69) is 20.8 Å². The average Bonchev–Trinajstić information content (AvgIpc) is 2.92. The van der Waals surface area contributed by atoms with Crippen molar-refractivity contribution in [3.05, 3.63) is 34.0 Å². The number of aromatic amines is 1. The maximum absolute atomic E-state index is 12.4. The Kier molecular flexibility index (Phi) is 3.76. The lowest BCUT2D eigenvalue weighted by molar-refractivity contribution is -0.384. The fourth-order valence-electron chi connectivity index (χ4n) is 2.77. The highest BCUT2D eigenvalue weighted by atomic mass is 16.6. The van der Waals surface area contributed by atoms with Crippen LogP contribution in [0, 0.1) is 10.1 Å². The molecule has 0 saturated carbocycles. The number of benzene rings is 1. The van der Waals surface area contributed by atoms with E-state index in [4.69, 9.17) is 0 Å². The molecule has 8 heteroatoms. The van der Waals surface area contributed by atoms with E-state index in [1.165, 1.54) is 12.1 Å². The SMILES string of the molecule is CC1NCCCC1NC(=O)c1n[nH]c2ccc([N+](=O)[O-])cc12. The van der Waals surface area contributed by atoms with Gasteiger partial charge in [0, 0.05) is 29.6 Å². The summed E-state index contributed by atoms with van der Waals surface area (Å²) in [6, 6.07) is 4.54. The molecule has 3 rings (SSSR count). The number of carbonyl (C=O) groups is 1. The average molecular weight is 303 g/mol. The van der Waals surface area contributed by atoms with Gasteiger partial charge in [-0.15, -0.1) is 0 Å². The lowest BCUT2D eigenvalue weighted by Crippen LogP contribution is -2.52. The number of amides is 1. The number of hydrogen-bond acceptors (Lipinski definition) is 5. The molecule has 1 aliphatic rings. The summed E-state index contributed by atoms with van der Waals surface area (Å²) in [7, 11) is 0. The minimum absolute atomic E-state index is 0.0340. The van der Waals surface area contributed by atoms with E-state index >= 15 is 0 Å². The van der Waals surface area contributed by atoms with E-state index in [0.717, 1.165) is 19.4 Å². The number of aromatic nitrogens is 2. The minimum atomic E-state index is -0.485. The Morgan fingerprint density at radius 3 is 3.05 bits per heavy atom. The second-order valence-corrected chi connectivity index (χ2v) is 5.52. The smallest absolute Gasteiger partial charge is 0.272 e. The monoisotopic (exact) mass is 303 g/mol. The molecule has 22 heavy (non-hydrogen) atoms. The highest BCUT2D eigenvalue weighted by Gasteiger charge is 2.25. The number of hydrogen-bond donors (Lipinski definition) is 3. The molecule has 1 saturated heterocycles. The van der Waals surface area contributed by atoms with Crippen LogP contribution in [0.2, 0.25) is 0 Å². The van der Waals surface area contributed by atoms with Gasteiger partial charge in [-0.1, -0.05) is 0 Å². The van der Waals surface area contributed by atoms with Crippen LogP contribution < -0.4 is 10.6 Å². The molecule has 8 nitrogen and oxygen atoms in total. The van der Waals surface area contributed by atoms with Crippen molar-refractivity contribution in [2.24, 2.45) is 0 Å². The second kappa shape index (κ2) is 5.72. The molecule has 1 amide bonds. The molecule has 0 bridgehead atoms. The number of nitrogens with zero attached hydrogens (tertiary/aromatic N) is 2. The number of nitro groups is 1. The lowest BCUT2D eigenvalue weighted by Gasteiger charge is -2.30. The van der Waals surface area contributed by atoms with Crippen LogP contribution in [0.25, 0.3) is 10.9 Å². The Bertz CT molecular complexity index is 726. The number of non-ortho nitro benzene ring substituents is 1. The fourth-order valence-corrected chi connectivity index (χ4v) is 2.77. The third-order valence-corrected chi connectivity index (χ3v) is 4.05. The van der Waals surface area contributed by atoms with Gasteiger partial charge in [0.05, 0.1) is 10.4 Å². The van der Waals surface area contributed by atoms with Gasteiger partial charge in [-0.25, -0.2) is 0 Å². The predicted octanol–water partition coefficient (Wildman–Crippen LogP) is 1.34. The van der Waals surface area contributed by atoms with Crippen molar-refractivity contribution in [3.63, 3.8) is 0 Å². The molecule has 2 atom stereocenters. The number of rotatable bonds is 3. The van der Waals surface area contributed by atoms with Crippen LogP contribution in [0.3, 0.4) is 0 Å². The van der Waals surface area contributed by atoms with Crippen molar-refractivity contribution in [2.75, 3.05) is 6.54 Å². The largest absolute Gasteiger partial charge is 0.346 e. The first kappa shape index (κ1) is 14.5. The van der Waals surface area contributed by atoms with Gasteiger partial charge in [-0.05, 0) is 32.4 Å². The van der Waals surface area contributed by atoms with Crippen molar-refractivity contribution >= 4 is 22.5 Å². The molecule has 116 valence electrons. The van der Waals surface area contributed by atoms with E-state index in [-0.39, 0.29) is 29.4 Å². The Hall–Kier alpha value is -2.48. The standard InChI is InChI=1S/C14H17N5O3/c1-8-11(3-2-6-15-8)16-14(20)13-10-7-9(19(21)22)4-5-12(10)17-18-13/h4-5,7-8,11,15H,2-3,6H2,1H3,(H,16,20)(H,17,18). The zero-order chi connectivity index (χ0) is 15.7. The number of nitrogens with one attached hydrogen (secondary N) is 3. The molecule has 1 fully saturated rings. The summed E-state index contributed by atoms with van der Waals surface area (Å²) in [6.07, 6.45) is 1.91. The Morgan fingerprint density at radius 2 is 2.32 bits per heavy atom. The van der Waals surface area contributed by atoms with Crippen molar-refractivity contribution in [1.29, 1.82) is 0 Å². The zero-order valence-electron chi connectivity index (χ0n) is 12.1. The van der Waals surface area contributed by atoms with Crippen molar-refractivity contribution < 1.29 is 9.72 Å². The number of H-pyrrole nitrogens is 1. The van der Waals surface area contributed by atoms with Gasteiger partial charge in [0.2, 0.25) is 0 Å². The van der Waals surface area contributed by atoms with E-state index in [1.807, 2.05) is 6.92 Å². The third-order valence-electron chi connectivity index (χ3n) is 4.05. The number of fused-ring (bicyclic) bond motifs is 1. The van der Waals surface area contributed by atoms with Gasteiger partial charge in [0.15, 0.2) is 5.69 Å². The van der Waals surface area contributed by atoms with Crippen LogP contribution in [0.4, 0.5) is 5.69 Å². The number of nitro benzene ring substituents is 1. The molecule has 0 radical (unpaired) electrons. The minimum Gasteiger partial charge on any atom is -0.346 e. The Morgan fingerprint density at radius 1 is 1.50 bits per heavy atom. The quantitative estimate of drug-likeness (QED) is 0.585. The topological polar surface area (TPSA) is 113 Å². The molecule has 1 aromatic heterocycles. The molecule has 2 unspecified atom stereocenters. The molecule has 2 heterocycles. The van der Waals surface area contributed by atoms with Crippen LogP contribution in [-0.2, 0) is 0 Å². The van der Waals surface area contributed by atoms with Crippen LogP contribution in [0.5, 0.6) is 0 Å². The number of piperidine rings is 1. The molecule has 3 N–H and O–H groups in total. The summed E-state index contributed by atoms with van der Waals surface area (Å²) in [5.74, 6) is -0.313. The zero-order valence-corrected chi connectivity index (χ0v) is 12.1. The van der Waals surface area contributed by atoms with E-state index < -0.39 is 4.92 Å². The van der Waals surface area contributed by atoms with E-state index in [0.29, 0.717) is 10.9 Å². The first-order valence-electron chi connectivity index (χ1n) is 7.23. The first-order valence-corrected chi connectivity index (χ1v) is 7.23. The van der Waals surface area contributed by atoms with E-state index in [9.17, 15) is 14.9 Å². The summed E-state index contributed by atoms with van der Waals surface area (Å²) in [6.45, 7) is 2.97.